The van der Waals surface area contributed by atoms with Crippen LogP contribution >= 0.6 is 0 Å². The standard InChI is InChI=1S/C14H16N2O3/c17-14-5-3-1-2-4-11(14)10-15-12-6-8-13(9-7-12)16(18)19/h6-10,15H,1-5H2/b11-10+. The quantitative estimate of drug-likeness (QED) is 0.391. The van der Waals surface area contributed by atoms with E-state index in [1.807, 2.05) is 0 Å². The van der Waals surface area contributed by atoms with Crippen molar-refractivity contribution in [2.75, 3.05) is 5.32 Å². The van der Waals surface area contributed by atoms with Gasteiger partial charge >= 0.3 is 0 Å². The number of Topliss-reactive ketones (excluding diaryl/α,β-unsaturated/α-hetero) is 1. The summed E-state index contributed by atoms with van der Waals surface area (Å²) in [6, 6.07) is 6.15. The molecule has 5 heteroatoms. The number of non-ortho nitro benzene ring substituents is 1. The number of benzene rings is 1. The van der Waals surface area contributed by atoms with Crippen LogP contribution in [0.5, 0.6) is 0 Å². The molecule has 1 fully saturated rings. The topological polar surface area (TPSA) is 72.2 Å². The third-order valence-electron chi connectivity index (χ3n) is 3.20. The molecule has 0 aromatic heterocycles. The molecule has 0 atom stereocenters. The molecular formula is C14H16N2O3. The smallest absolute Gasteiger partial charge is 0.269 e. The van der Waals surface area contributed by atoms with Gasteiger partial charge in [0.2, 0.25) is 0 Å². The average molecular weight is 260 g/mol. The minimum atomic E-state index is -0.433. The predicted molar refractivity (Wildman–Crippen MR) is 72.9 cm³/mol. The molecule has 0 radical (unpaired) electrons. The van der Waals surface area contributed by atoms with Gasteiger partial charge in [-0.1, -0.05) is 6.42 Å². The molecule has 1 saturated carbocycles. The first-order chi connectivity index (χ1) is 9.16. The third-order valence-corrected chi connectivity index (χ3v) is 3.20. The lowest BCUT2D eigenvalue weighted by Crippen LogP contribution is -2.02. The molecular weight excluding hydrogens is 244 g/mol. The first-order valence-corrected chi connectivity index (χ1v) is 6.40. The average Bonchev–Trinajstić information content (AvgIpc) is 2.61. The van der Waals surface area contributed by atoms with Crippen molar-refractivity contribution in [3.8, 4) is 0 Å². The second-order valence-electron chi connectivity index (χ2n) is 4.60. The maximum absolute atomic E-state index is 11.8. The van der Waals surface area contributed by atoms with Gasteiger partial charge in [0, 0.05) is 36.0 Å². The lowest BCUT2D eigenvalue weighted by Gasteiger charge is -2.04. The van der Waals surface area contributed by atoms with Crippen LogP contribution in [0.4, 0.5) is 11.4 Å². The van der Waals surface area contributed by atoms with E-state index in [0.29, 0.717) is 6.42 Å². The van der Waals surface area contributed by atoms with E-state index in [4.69, 9.17) is 0 Å². The molecule has 100 valence electrons. The summed E-state index contributed by atoms with van der Waals surface area (Å²) >= 11 is 0. The minimum Gasteiger partial charge on any atom is -0.361 e. The van der Waals surface area contributed by atoms with Gasteiger partial charge in [-0.2, -0.15) is 0 Å². The van der Waals surface area contributed by atoms with E-state index in [-0.39, 0.29) is 11.5 Å². The molecule has 0 saturated heterocycles. The predicted octanol–water partition coefficient (Wildman–Crippen LogP) is 3.42. The molecule has 1 aromatic rings. The second kappa shape index (κ2) is 6.13. The Morgan fingerprint density at radius 2 is 1.79 bits per heavy atom. The summed E-state index contributed by atoms with van der Waals surface area (Å²) in [7, 11) is 0. The number of nitro groups is 1. The highest BCUT2D eigenvalue weighted by Crippen LogP contribution is 2.20. The Bertz CT molecular complexity index is 506. The van der Waals surface area contributed by atoms with E-state index >= 15 is 0 Å². The van der Waals surface area contributed by atoms with Gasteiger partial charge in [-0.15, -0.1) is 0 Å². The zero-order chi connectivity index (χ0) is 13.7. The van der Waals surface area contributed by atoms with Crippen molar-refractivity contribution in [2.45, 2.75) is 32.1 Å². The van der Waals surface area contributed by atoms with Crippen molar-refractivity contribution in [1.82, 2.24) is 0 Å². The SMILES string of the molecule is O=C1CCCCC/C1=C\Nc1ccc([N+](=O)[O-])cc1. The molecule has 2 rings (SSSR count). The Morgan fingerprint density at radius 1 is 1.11 bits per heavy atom. The molecule has 0 aliphatic heterocycles. The van der Waals surface area contributed by atoms with Crippen molar-refractivity contribution in [1.29, 1.82) is 0 Å². The number of carbonyl (C=O) groups excluding carboxylic acids is 1. The van der Waals surface area contributed by atoms with Gasteiger partial charge in [-0.3, -0.25) is 14.9 Å². The molecule has 0 amide bonds. The fourth-order valence-corrected chi connectivity index (χ4v) is 2.08. The van der Waals surface area contributed by atoms with Crippen LogP contribution in [0.25, 0.3) is 0 Å². The number of nitrogens with one attached hydrogen (secondary N) is 1. The van der Waals surface area contributed by atoms with Gasteiger partial charge in [0.05, 0.1) is 4.92 Å². The van der Waals surface area contributed by atoms with Crippen LogP contribution in [-0.4, -0.2) is 10.7 Å². The molecule has 1 aromatic carbocycles. The number of nitro benzene ring substituents is 1. The fourth-order valence-electron chi connectivity index (χ4n) is 2.08. The molecule has 19 heavy (non-hydrogen) atoms. The van der Waals surface area contributed by atoms with Gasteiger partial charge in [0.25, 0.3) is 5.69 Å². The zero-order valence-electron chi connectivity index (χ0n) is 10.6. The monoisotopic (exact) mass is 260 g/mol. The molecule has 0 bridgehead atoms. The number of rotatable bonds is 3. The zero-order valence-corrected chi connectivity index (χ0v) is 10.6. The maximum Gasteiger partial charge on any atom is 0.269 e. The Kier molecular flexibility index (Phi) is 4.28. The minimum absolute atomic E-state index is 0.0590. The normalized spacial score (nSPS) is 18.1. The third kappa shape index (κ3) is 3.64. The Morgan fingerprint density at radius 3 is 2.47 bits per heavy atom. The molecule has 5 nitrogen and oxygen atoms in total. The van der Waals surface area contributed by atoms with Crippen LogP contribution in [0.15, 0.2) is 36.0 Å². The second-order valence-corrected chi connectivity index (χ2v) is 4.60. The van der Waals surface area contributed by atoms with Crippen LogP contribution in [0.2, 0.25) is 0 Å². The summed E-state index contributed by atoms with van der Waals surface area (Å²) in [5.41, 5.74) is 1.62. The summed E-state index contributed by atoms with van der Waals surface area (Å²) in [5, 5.41) is 13.6. The number of carbonyl (C=O) groups is 1. The number of nitrogens with zero attached hydrogens (tertiary/aromatic N) is 1. The summed E-state index contributed by atoms with van der Waals surface area (Å²) in [6.07, 6.45) is 6.26. The summed E-state index contributed by atoms with van der Waals surface area (Å²) in [6.45, 7) is 0. The van der Waals surface area contributed by atoms with E-state index in [1.165, 1.54) is 12.1 Å². The van der Waals surface area contributed by atoms with E-state index < -0.39 is 4.92 Å². The number of ketones is 1. The summed E-state index contributed by atoms with van der Waals surface area (Å²) in [5.74, 6) is 0.201. The molecule has 0 spiro atoms. The Labute approximate surface area is 111 Å². The molecule has 1 N–H and O–H groups in total. The number of allylic oxidation sites excluding steroid dienone is 1. The van der Waals surface area contributed by atoms with Gasteiger partial charge in [0.15, 0.2) is 5.78 Å². The highest BCUT2D eigenvalue weighted by Gasteiger charge is 2.13. The molecule has 1 aliphatic carbocycles. The first-order valence-electron chi connectivity index (χ1n) is 6.40. The van der Waals surface area contributed by atoms with Gasteiger partial charge in [0.1, 0.15) is 0 Å². The van der Waals surface area contributed by atoms with E-state index in [0.717, 1.165) is 36.9 Å². The van der Waals surface area contributed by atoms with E-state index in [9.17, 15) is 14.9 Å². The summed E-state index contributed by atoms with van der Waals surface area (Å²) in [4.78, 5) is 21.9. The van der Waals surface area contributed by atoms with Crippen LogP contribution in [-0.2, 0) is 4.79 Å². The van der Waals surface area contributed by atoms with Crippen molar-refractivity contribution >= 4 is 17.2 Å². The summed E-state index contributed by atoms with van der Waals surface area (Å²) < 4.78 is 0. The van der Waals surface area contributed by atoms with Gasteiger partial charge < -0.3 is 5.32 Å². The lowest BCUT2D eigenvalue weighted by atomic mass is 10.1. The number of hydrogen-bond acceptors (Lipinski definition) is 4. The van der Waals surface area contributed by atoms with E-state index in [2.05, 4.69) is 5.32 Å². The fraction of sp³-hybridized carbons (Fsp3) is 0.357. The maximum atomic E-state index is 11.8. The number of hydrogen-bond donors (Lipinski definition) is 1. The molecule has 0 unspecified atom stereocenters. The first kappa shape index (κ1) is 13.3. The molecule has 0 heterocycles. The highest BCUT2D eigenvalue weighted by molar-refractivity contribution is 5.95. The van der Waals surface area contributed by atoms with Crippen LogP contribution in [0.1, 0.15) is 32.1 Å². The van der Waals surface area contributed by atoms with Crippen LogP contribution in [0, 0.1) is 10.1 Å². The van der Waals surface area contributed by atoms with Crippen molar-refractivity contribution in [3.63, 3.8) is 0 Å². The highest BCUT2D eigenvalue weighted by atomic mass is 16.6. The van der Waals surface area contributed by atoms with Crippen LogP contribution in [0.3, 0.4) is 0 Å². The number of anilines is 1. The van der Waals surface area contributed by atoms with Crippen molar-refractivity contribution in [2.24, 2.45) is 0 Å². The molecule has 1 aliphatic rings. The van der Waals surface area contributed by atoms with Crippen molar-refractivity contribution in [3.05, 3.63) is 46.2 Å². The Hall–Kier alpha value is -2.17. The van der Waals surface area contributed by atoms with Crippen molar-refractivity contribution < 1.29 is 9.72 Å². The van der Waals surface area contributed by atoms with Gasteiger partial charge in [-0.25, -0.2) is 0 Å². The Balaban J connectivity index is 2.04. The van der Waals surface area contributed by atoms with E-state index in [1.54, 1.807) is 18.3 Å². The van der Waals surface area contributed by atoms with Crippen LogP contribution < -0.4 is 5.32 Å². The largest absolute Gasteiger partial charge is 0.361 e. The van der Waals surface area contributed by atoms with Gasteiger partial charge in [-0.05, 0) is 31.4 Å². The lowest BCUT2D eigenvalue weighted by molar-refractivity contribution is -0.384.